The van der Waals surface area contributed by atoms with Crippen molar-refractivity contribution in [2.24, 2.45) is 0 Å². The van der Waals surface area contributed by atoms with Crippen molar-refractivity contribution in [3.63, 3.8) is 0 Å². The standard InChI is InChI=1S/C30H34N4O2/c1-2-36-30(35)21-11-5-10-20-29(34-31-27-18-12-13-19-28(27)32-34)33(24-26-16-8-4-9-17-26)23-22-25-14-6-3-7-15-25/h3-4,6-9,11-19,21,29H,2,5,10,20,22-24H2,1H3/b21-11+. The van der Waals surface area contributed by atoms with Crippen LogP contribution in [0.2, 0.25) is 0 Å². The number of ether oxygens (including phenoxy) is 1. The number of rotatable bonds is 13. The molecule has 36 heavy (non-hydrogen) atoms. The van der Waals surface area contributed by atoms with Crippen molar-refractivity contribution in [3.8, 4) is 0 Å². The van der Waals surface area contributed by atoms with Crippen molar-refractivity contribution in [1.29, 1.82) is 0 Å². The molecule has 6 nitrogen and oxygen atoms in total. The number of unbranched alkanes of at least 4 members (excludes halogenated alkanes) is 1. The Labute approximate surface area is 213 Å². The first kappa shape index (κ1) is 25.3. The van der Waals surface area contributed by atoms with Crippen LogP contribution >= 0.6 is 0 Å². The Morgan fingerprint density at radius 3 is 2.17 bits per heavy atom. The van der Waals surface area contributed by atoms with E-state index >= 15 is 0 Å². The Balaban J connectivity index is 1.56. The second-order valence-corrected chi connectivity index (χ2v) is 8.77. The third-order valence-electron chi connectivity index (χ3n) is 6.12. The van der Waals surface area contributed by atoms with Gasteiger partial charge in [0.25, 0.3) is 0 Å². The monoisotopic (exact) mass is 482 g/mol. The van der Waals surface area contributed by atoms with Crippen LogP contribution in [0.4, 0.5) is 0 Å². The highest BCUT2D eigenvalue weighted by atomic mass is 16.5. The fourth-order valence-electron chi connectivity index (χ4n) is 4.31. The molecule has 6 heteroatoms. The Kier molecular flexibility index (Phi) is 9.39. The Morgan fingerprint density at radius 2 is 1.53 bits per heavy atom. The molecule has 0 spiro atoms. The SMILES string of the molecule is CCOC(=O)/C=C/CCCC(N(CCc1ccccc1)Cc1ccccc1)n1nc2ccccc2n1. The summed E-state index contributed by atoms with van der Waals surface area (Å²) in [5.74, 6) is -0.289. The van der Waals surface area contributed by atoms with Crippen LogP contribution in [0.5, 0.6) is 0 Å². The minimum atomic E-state index is -0.289. The van der Waals surface area contributed by atoms with Crippen LogP contribution in [-0.2, 0) is 22.5 Å². The van der Waals surface area contributed by atoms with E-state index in [1.54, 1.807) is 0 Å². The van der Waals surface area contributed by atoms with Crippen LogP contribution in [0.1, 0.15) is 43.5 Å². The molecule has 4 aromatic rings. The average Bonchev–Trinajstić information content (AvgIpc) is 3.34. The van der Waals surface area contributed by atoms with Gasteiger partial charge in [0, 0.05) is 19.2 Å². The van der Waals surface area contributed by atoms with Gasteiger partial charge in [-0.1, -0.05) is 78.9 Å². The smallest absolute Gasteiger partial charge is 0.330 e. The summed E-state index contributed by atoms with van der Waals surface area (Å²) in [5, 5.41) is 9.71. The van der Waals surface area contributed by atoms with E-state index < -0.39 is 0 Å². The van der Waals surface area contributed by atoms with E-state index in [1.165, 1.54) is 17.2 Å². The molecule has 1 unspecified atom stereocenters. The minimum Gasteiger partial charge on any atom is -0.463 e. The van der Waals surface area contributed by atoms with Gasteiger partial charge in [-0.25, -0.2) is 4.79 Å². The first-order valence-electron chi connectivity index (χ1n) is 12.7. The third kappa shape index (κ3) is 7.36. The van der Waals surface area contributed by atoms with Gasteiger partial charge in [0.2, 0.25) is 0 Å². The van der Waals surface area contributed by atoms with E-state index in [0.717, 1.165) is 49.8 Å². The molecule has 0 aliphatic heterocycles. The molecule has 0 aliphatic carbocycles. The van der Waals surface area contributed by atoms with E-state index in [1.807, 2.05) is 48.1 Å². The number of nitrogens with zero attached hydrogens (tertiary/aromatic N) is 4. The van der Waals surface area contributed by atoms with Crippen LogP contribution < -0.4 is 0 Å². The number of hydrogen-bond donors (Lipinski definition) is 0. The van der Waals surface area contributed by atoms with Crippen LogP contribution in [0.25, 0.3) is 11.0 Å². The molecule has 0 aliphatic rings. The Bertz CT molecular complexity index is 1200. The number of aromatic nitrogens is 3. The third-order valence-corrected chi connectivity index (χ3v) is 6.12. The zero-order valence-electron chi connectivity index (χ0n) is 20.9. The van der Waals surface area contributed by atoms with Gasteiger partial charge in [0.1, 0.15) is 17.2 Å². The number of carbonyl (C=O) groups excluding carboxylic acids is 1. The first-order valence-corrected chi connectivity index (χ1v) is 12.7. The molecule has 3 aromatic carbocycles. The highest BCUT2D eigenvalue weighted by Crippen LogP contribution is 2.24. The van der Waals surface area contributed by atoms with Gasteiger partial charge < -0.3 is 4.74 Å². The maximum Gasteiger partial charge on any atom is 0.330 e. The molecule has 0 bridgehead atoms. The summed E-state index contributed by atoms with van der Waals surface area (Å²) in [6, 6.07) is 29.1. The van der Waals surface area contributed by atoms with E-state index in [2.05, 4.69) is 59.5 Å². The number of allylic oxidation sites excluding steroid dienone is 1. The lowest BCUT2D eigenvalue weighted by Gasteiger charge is -2.31. The van der Waals surface area contributed by atoms with Gasteiger partial charge in [-0.05, 0) is 55.9 Å². The molecule has 0 amide bonds. The summed E-state index contributed by atoms with van der Waals surface area (Å²) in [6.07, 6.45) is 6.88. The Morgan fingerprint density at radius 1 is 0.917 bits per heavy atom. The van der Waals surface area contributed by atoms with Gasteiger partial charge in [-0.15, -0.1) is 0 Å². The number of carbonyl (C=O) groups is 1. The van der Waals surface area contributed by atoms with Crippen molar-refractivity contribution in [2.75, 3.05) is 13.2 Å². The summed E-state index contributed by atoms with van der Waals surface area (Å²) in [7, 11) is 0. The van der Waals surface area contributed by atoms with E-state index in [9.17, 15) is 4.79 Å². The molecular weight excluding hydrogens is 448 g/mol. The Hall–Kier alpha value is -3.77. The lowest BCUT2D eigenvalue weighted by molar-refractivity contribution is -0.137. The molecule has 0 saturated heterocycles. The van der Waals surface area contributed by atoms with E-state index in [0.29, 0.717) is 6.61 Å². The van der Waals surface area contributed by atoms with Gasteiger partial charge in [-0.2, -0.15) is 15.0 Å². The zero-order chi connectivity index (χ0) is 25.0. The summed E-state index contributed by atoms with van der Waals surface area (Å²) >= 11 is 0. The molecule has 0 radical (unpaired) electrons. The van der Waals surface area contributed by atoms with Gasteiger partial charge in [-0.3, -0.25) is 4.90 Å². The fourth-order valence-corrected chi connectivity index (χ4v) is 4.31. The lowest BCUT2D eigenvalue weighted by Crippen LogP contribution is -2.35. The summed E-state index contributed by atoms with van der Waals surface area (Å²) < 4.78 is 4.99. The zero-order valence-corrected chi connectivity index (χ0v) is 20.9. The van der Waals surface area contributed by atoms with Crippen molar-refractivity contribution in [1.82, 2.24) is 19.9 Å². The molecule has 186 valence electrons. The minimum absolute atomic E-state index is 0.0164. The normalized spacial score (nSPS) is 12.4. The molecule has 0 saturated carbocycles. The summed E-state index contributed by atoms with van der Waals surface area (Å²) in [4.78, 5) is 16.0. The van der Waals surface area contributed by atoms with Crippen molar-refractivity contribution >= 4 is 17.0 Å². The molecule has 1 heterocycles. The van der Waals surface area contributed by atoms with Crippen molar-refractivity contribution < 1.29 is 9.53 Å². The number of esters is 1. The summed E-state index contributed by atoms with van der Waals surface area (Å²) in [5.41, 5.74) is 4.36. The highest BCUT2D eigenvalue weighted by molar-refractivity contribution is 5.81. The number of fused-ring (bicyclic) bond motifs is 1. The predicted molar refractivity (Wildman–Crippen MR) is 143 cm³/mol. The van der Waals surface area contributed by atoms with Crippen molar-refractivity contribution in [2.45, 2.75) is 45.3 Å². The molecule has 1 atom stereocenters. The van der Waals surface area contributed by atoms with E-state index in [-0.39, 0.29) is 12.1 Å². The quantitative estimate of drug-likeness (QED) is 0.134. The lowest BCUT2D eigenvalue weighted by atomic mass is 10.1. The maximum absolute atomic E-state index is 11.7. The van der Waals surface area contributed by atoms with E-state index in [4.69, 9.17) is 14.9 Å². The predicted octanol–water partition coefficient (Wildman–Crippen LogP) is 5.96. The van der Waals surface area contributed by atoms with Crippen LogP contribution in [-0.4, -0.2) is 39.0 Å². The van der Waals surface area contributed by atoms with Gasteiger partial charge >= 0.3 is 5.97 Å². The highest BCUT2D eigenvalue weighted by Gasteiger charge is 2.23. The maximum atomic E-state index is 11.7. The van der Waals surface area contributed by atoms with Crippen LogP contribution in [0, 0.1) is 0 Å². The molecule has 4 rings (SSSR count). The fraction of sp³-hybridized carbons (Fsp3) is 0.300. The van der Waals surface area contributed by atoms with Crippen LogP contribution in [0.15, 0.2) is 97.1 Å². The largest absolute Gasteiger partial charge is 0.463 e. The van der Waals surface area contributed by atoms with Crippen molar-refractivity contribution in [3.05, 3.63) is 108 Å². The molecule has 0 fully saturated rings. The molecular formula is C30H34N4O2. The second kappa shape index (κ2) is 13.4. The number of hydrogen-bond acceptors (Lipinski definition) is 5. The summed E-state index contributed by atoms with van der Waals surface area (Å²) in [6.45, 7) is 3.88. The topological polar surface area (TPSA) is 60.2 Å². The molecule has 0 N–H and O–H groups in total. The molecule has 1 aromatic heterocycles. The van der Waals surface area contributed by atoms with Gasteiger partial charge in [0.15, 0.2) is 0 Å². The number of benzene rings is 3. The van der Waals surface area contributed by atoms with Crippen LogP contribution in [0.3, 0.4) is 0 Å². The van der Waals surface area contributed by atoms with Gasteiger partial charge in [0.05, 0.1) is 6.61 Å². The average molecular weight is 483 g/mol. The second-order valence-electron chi connectivity index (χ2n) is 8.77. The first-order chi connectivity index (χ1) is 17.7.